The number of fused-ring (bicyclic) bond motifs is 3. The molecular formula is C29H28S. The number of hydrogen-bond acceptors (Lipinski definition) is 0. The first kappa shape index (κ1) is 19.2. The van der Waals surface area contributed by atoms with Crippen molar-refractivity contribution in [3.63, 3.8) is 0 Å². The summed E-state index contributed by atoms with van der Waals surface area (Å²) >= 11 is 0. The van der Waals surface area contributed by atoms with E-state index in [0.717, 1.165) is 6.42 Å². The van der Waals surface area contributed by atoms with Crippen molar-refractivity contribution >= 4 is 10.0 Å². The van der Waals surface area contributed by atoms with Crippen molar-refractivity contribution in [2.45, 2.75) is 30.1 Å². The van der Waals surface area contributed by atoms with E-state index in [1.54, 1.807) is 0 Å². The molecule has 0 bridgehead atoms. The Kier molecular flexibility index (Phi) is 4.60. The van der Waals surface area contributed by atoms with Crippen molar-refractivity contribution in [1.29, 1.82) is 0 Å². The molecule has 1 heterocycles. The topological polar surface area (TPSA) is 0 Å². The molecule has 0 aliphatic carbocycles. The maximum absolute atomic E-state index is 2.43. The van der Waals surface area contributed by atoms with Gasteiger partial charge in [0.2, 0.25) is 0 Å². The summed E-state index contributed by atoms with van der Waals surface area (Å²) < 4.78 is 0. The zero-order valence-electron chi connectivity index (χ0n) is 18.2. The van der Waals surface area contributed by atoms with E-state index in [1.165, 1.54) is 54.3 Å². The molecule has 0 nitrogen and oxygen atoms in total. The number of aryl methyl sites for hydroxylation is 2. The van der Waals surface area contributed by atoms with Gasteiger partial charge in [-0.25, -0.2) is 0 Å². The highest BCUT2D eigenvalue weighted by molar-refractivity contribution is 8.33. The van der Waals surface area contributed by atoms with Crippen molar-refractivity contribution in [2.75, 3.05) is 12.5 Å². The first-order valence-electron chi connectivity index (χ1n) is 10.7. The molecule has 1 heteroatoms. The fourth-order valence-corrected chi connectivity index (χ4v) is 7.13. The van der Waals surface area contributed by atoms with Gasteiger partial charge in [0.15, 0.2) is 0 Å². The molecule has 150 valence electrons. The molecule has 0 amide bonds. The molecule has 0 saturated carbocycles. The van der Waals surface area contributed by atoms with E-state index < -0.39 is 10.0 Å². The summed E-state index contributed by atoms with van der Waals surface area (Å²) in [5.74, 6) is 0. The van der Waals surface area contributed by atoms with Gasteiger partial charge < -0.3 is 0 Å². The summed E-state index contributed by atoms with van der Waals surface area (Å²) in [5, 5.41) is 0. The van der Waals surface area contributed by atoms with E-state index in [9.17, 15) is 0 Å². The zero-order valence-corrected chi connectivity index (χ0v) is 19.0. The van der Waals surface area contributed by atoms with Crippen LogP contribution in [-0.2, 0) is 6.42 Å². The van der Waals surface area contributed by atoms with Gasteiger partial charge in [-0.05, 0) is 89.1 Å². The minimum Gasteiger partial charge on any atom is -0.192 e. The smallest absolute Gasteiger partial charge is 0.00158 e. The van der Waals surface area contributed by atoms with Crippen molar-refractivity contribution in [2.24, 2.45) is 0 Å². The normalized spacial score (nSPS) is 14.8. The molecule has 1 aliphatic rings. The molecule has 0 atom stereocenters. The number of benzene rings is 4. The third-order valence-electron chi connectivity index (χ3n) is 6.37. The van der Waals surface area contributed by atoms with Crippen LogP contribution in [0.5, 0.6) is 0 Å². The molecule has 0 saturated heterocycles. The Labute approximate surface area is 181 Å². The maximum atomic E-state index is 2.43. The summed E-state index contributed by atoms with van der Waals surface area (Å²) in [7, 11) is -0.984. The highest BCUT2D eigenvalue weighted by Gasteiger charge is 2.32. The first-order chi connectivity index (χ1) is 14.5. The number of rotatable bonds is 3. The van der Waals surface area contributed by atoms with Crippen LogP contribution in [0.1, 0.15) is 18.1 Å². The maximum Gasteiger partial charge on any atom is 0.00158 e. The van der Waals surface area contributed by atoms with Gasteiger partial charge in [0.05, 0.1) is 0 Å². The Balaban J connectivity index is 1.68. The SMILES string of the molecule is CCc1cccc(-c2ccc3c(c2)-c2cc(-c4cccc(C)c4)ccc2S3(C)C)c1. The van der Waals surface area contributed by atoms with Crippen LogP contribution in [0.25, 0.3) is 33.4 Å². The van der Waals surface area contributed by atoms with E-state index in [4.69, 9.17) is 0 Å². The minimum atomic E-state index is -0.984. The van der Waals surface area contributed by atoms with Crippen molar-refractivity contribution in [3.05, 3.63) is 96.1 Å². The molecule has 0 radical (unpaired) electrons. The standard InChI is InChI=1S/C29H28S/c1-5-21-9-7-11-23(17-21)25-13-15-29-27(19-25)26-18-24(12-14-28(26)30(29,3)4)22-10-6-8-20(2)16-22/h6-19H,5H2,1-4H3. The molecular weight excluding hydrogens is 380 g/mol. The third kappa shape index (κ3) is 3.09. The van der Waals surface area contributed by atoms with Gasteiger partial charge in [0.1, 0.15) is 0 Å². The van der Waals surface area contributed by atoms with Crippen LogP contribution in [-0.4, -0.2) is 12.5 Å². The van der Waals surface area contributed by atoms with Crippen LogP contribution in [0.3, 0.4) is 0 Å². The van der Waals surface area contributed by atoms with Crippen LogP contribution in [0, 0.1) is 6.92 Å². The highest BCUT2D eigenvalue weighted by Crippen LogP contribution is 2.67. The van der Waals surface area contributed by atoms with E-state index in [2.05, 4.69) is 111 Å². The summed E-state index contributed by atoms with van der Waals surface area (Å²) in [6, 6.07) is 32.0. The second kappa shape index (κ2) is 7.18. The Morgan fingerprint density at radius 2 is 1.13 bits per heavy atom. The van der Waals surface area contributed by atoms with Crippen LogP contribution >= 0.6 is 10.0 Å². The van der Waals surface area contributed by atoms with Gasteiger partial charge in [0.25, 0.3) is 0 Å². The third-order valence-corrected chi connectivity index (χ3v) is 9.28. The van der Waals surface area contributed by atoms with Crippen LogP contribution in [0.2, 0.25) is 0 Å². The average Bonchev–Trinajstić information content (AvgIpc) is 3.00. The first-order valence-corrected chi connectivity index (χ1v) is 13.1. The largest absolute Gasteiger partial charge is 0.192 e. The fraction of sp³-hybridized carbons (Fsp3) is 0.172. The Morgan fingerprint density at radius 3 is 1.70 bits per heavy atom. The van der Waals surface area contributed by atoms with Crippen LogP contribution < -0.4 is 0 Å². The van der Waals surface area contributed by atoms with E-state index in [1.807, 2.05) is 0 Å². The average molecular weight is 409 g/mol. The summed E-state index contributed by atoms with van der Waals surface area (Å²) in [6.45, 7) is 4.38. The van der Waals surface area contributed by atoms with Crippen molar-refractivity contribution < 1.29 is 0 Å². The molecule has 0 fully saturated rings. The predicted octanol–water partition coefficient (Wildman–Crippen LogP) is 8.35. The summed E-state index contributed by atoms with van der Waals surface area (Å²) in [4.78, 5) is 3.02. The van der Waals surface area contributed by atoms with Gasteiger partial charge >= 0.3 is 0 Å². The van der Waals surface area contributed by atoms with Gasteiger partial charge in [-0.1, -0.05) is 73.2 Å². The Morgan fingerprint density at radius 1 is 0.600 bits per heavy atom. The monoisotopic (exact) mass is 408 g/mol. The molecule has 4 aromatic carbocycles. The highest BCUT2D eigenvalue weighted by atomic mass is 32.3. The zero-order chi connectivity index (χ0) is 20.9. The summed E-state index contributed by atoms with van der Waals surface area (Å²) in [5.41, 5.74) is 10.8. The van der Waals surface area contributed by atoms with Gasteiger partial charge in [-0.3, -0.25) is 0 Å². The molecule has 5 rings (SSSR count). The van der Waals surface area contributed by atoms with E-state index in [-0.39, 0.29) is 0 Å². The van der Waals surface area contributed by atoms with Crippen LogP contribution in [0.15, 0.2) is 94.7 Å². The molecule has 1 aliphatic heterocycles. The lowest BCUT2D eigenvalue weighted by molar-refractivity contribution is 1.14. The lowest BCUT2D eigenvalue weighted by Gasteiger charge is -2.28. The van der Waals surface area contributed by atoms with Gasteiger partial charge in [-0.2, -0.15) is 10.0 Å². The van der Waals surface area contributed by atoms with Crippen LogP contribution in [0.4, 0.5) is 0 Å². The fourth-order valence-electron chi connectivity index (χ4n) is 4.64. The van der Waals surface area contributed by atoms with Crippen molar-refractivity contribution in [1.82, 2.24) is 0 Å². The lowest BCUT2D eigenvalue weighted by Crippen LogP contribution is -1.92. The molecule has 4 aromatic rings. The predicted molar refractivity (Wildman–Crippen MR) is 133 cm³/mol. The molecule has 0 spiro atoms. The van der Waals surface area contributed by atoms with E-state index >= 15 is 0 Å². The van der Waals surface area contributed by atoms with Crippen molar-refractivity contribution in [3.8, 4) is 33.4 Å². The molecule has 30 heavy (non-hydrogen) atoms. The lowest BCUT2D eigenvalue weighted by atomic mass is 9.95. The van der Waals surface area contributed by atoms with E-state index in [0.29, 0.717) is 0 Å². The van der Waals surface area contributed by atoms with Gasteiger partial charge in [-0.15, -0.1) is 0 Å². The molecule has 0 unspecified atom stereocenters. The summed E-state index contributed by atoms with van der Waals surface area (Å²) in [6.07, 6.45) is 5.93. The van der Waals surface area contributed by atoms with Gasteiger partial charge in [0, 0.05) is 9.79 Å². The second-order valence-corrected chi connectivity index (χ2v) is 12.2. The quantitative estimate of drug-likeness (QED) is 0.319. The molecule has 0 N–H and O–H groups in total. The Bertz CT molecular complexity index is 1260. The second-order valence-electron chi connectivity index (χ2n) is 8.67. The molecule has 0 aromatic heterocycles. The Hall–Kier alpha value is -2.77. The number of hydrogen-bond donors (Lipinski definition) is 0. The minimum absolute atomic E-state index is 0.984.